The summed E-state index contributed by atoms with van der Waals surface area (Å²) in [5.41, 5.74) is 0. The summed E-state index contributed by atoms with van der Waals surface area (Å²) in [6.07, 6.45) is 68.4. The molecule has 10 heteroatoms. The molecule has 0 rings (SSSR count). The summed E-state index contributed by atoms with van der Waals surface area (Å²) in [7, 11) is -7.39. The van der Waals surface area contributed by atoms with Gasteiger partial charge in [0.25, 0.3) is 0 Å². The van der Waals surface area contributed by atoms with Crippen molar-refractivity contribution in [3.63, 3.8) is 0 Å². The van der Waals surface area contributed by atoms with E-state index in [1.54, 1.807) is 0 Å². The third kappa shape index (κ3) is 80.2. The van der Waals surface area contributed by atoms with E-state index in [4.69, 9.17) is 0 Å². The summed E-state index contributed by atoms with van der Waals surface area (Å²) in [5.74, 6) is 0. The van der Waals surface area contributed by atoms with Crippen LogP contribution in [0.1, 0.15) is 290 Å². The second-order valence-electron chi connectivity index (χ2n) is 18.2. The van der Waals surface area contributed by atoms with Gasteiger partial charge in [0.15, 0.2) is 0 Å². The van der Waals surface area contributed by atoms with E-state index in [0.717, 1.165) is 38.5 Å². The second-order valence-corrected chi connectivity index (χ2v) is 21.9. The van der Waals surface area contributed by atoms with Crippen molar-refractivity contribution in [2.75, 3.05) is 18.5 Å². The molecule has 0 aliphatic rings. The Morgan fingerprint density at radius 1 is 0.250 bits per heavy atom. The van der Waals surface area contributed by atoms with E-state index >= 15 is 0 Å². The van der Waals surface area contributed by atoms with Crippen molar-refractivity contribution in [1.29, 1.82) is 0 Å². The zero-order chi connectivity index (χ0) is 46.8. The first kappa shape index (κ1) is 71.7. The number of hydrogen-bond acceptors (Lipinski definition) is 6. The third-order valence-electron chi connectivity index (χ3n) is 11.7. The summed E-state index contributed by atoms with van der Waals surface area (Å²) in [4.78, 5) is 31.2. The van der Waals surface area contributed by atoms with Gasteiger partial charge in [-0.1, -0.05) is 231 Å². The fourth-order valence-corrected chi connectivity index (χ4v) is 9.17. The van der Waals surface area contributed by atoms with E-state index in [1.165, 1.54) is 231 Å². The molecule has 0 heterocycles. The fraction of sp³-hybridized carbons (Fsp3) is 0.889. The molecule has 0 amide bonds. The van der Waals surface area contributed by atoms with Crippen LogP contribution in [0.3, 0.4) is 0 Å². The van der Waals surface area contributed by atoms with E-state index in [-0.39, 0.29) is 40.8 Å². The van der Waals surface area contributed by atoms with Gasteiger partial charge in [0.1, 0.15) is 0 Å². The topological polar surface area (TPSA) is 120 Å². The van der Waals surface area contributed by atoms with Crippen LogP contribution in [0.4, 0.5) is 0 Å². The second kappa shape index (κ2) is 68.4. The Morgan fingerprint density at radius 3 is 0.547 bits per heavy atom. The molecule has 0 aliphatic carbocycles. The van der Waals surface area contributed by atoms with Crippen LogP contribution >= 0.6 is 24.1 Å². The quantitative estimate of drug-likeness (QED) is 0.0340. The van der Waals surface area contributed by atoms with E-state index in [2.05, 4.69) is 57.2 Å². The van der Waals surface area contributed by atoms with Gasteiger partial charge in [0.05, 0.1) is 0 Å². The Kier molecular flexibility index (Phi) is 76.6. The Hall–Kier alpha value is 1.14. The zero-order valence-corrected chi connectivity index (χ0v) is 48.9. The van der Waals surface area contributed by atoms with Crippen molar-refractivity contribution in [1.82, 2.24) is 0 Å². The molecule has 0 saturated heterocycles. The summed E-state index contributed by atoms with van der Waals surface area (Å²) in [6, 6.07) is 0. The zero-order valence-electron chi connectivity index (χ0n) is 42.7. The Labute approximate surface area is 435 Å². The maximum Gasteiger partial charge on any atom is 3.00 e. The molecule has 0 N–H and O–H groups in total. The van der Waals surface area contributed by atoms with Crippen molar-refractivity contribution in [3.8, 4) is 0 Å². The molecular weight excluding hydrogens is 982 g/mol. The molecule has 3 atom stereocenters. The van der Waals surface area contributed by atoms with Crippen LogP contribution in [-0.4, -0.2) is 18.5 Å². The fourth-order valence-electron chi connectivity index (χ4n) is 7.55. The molecule has 0 aromatic carbocycles. The predicted molar refractivity (Wildman–Crippen MR) is 280 cm³/mol. The molecule has 0 spiro atoms. The van der Waals surface area contributed by atoms with Crippen LogP contribution in [0.15, 0.2) is 36.5 Å². The van der Waals surface area contributed by atoms with E-state index in [0.29, 0.717) is 18.5 Å². The van der Waals surface area contributed by atoms with Crippen molar-refractivity contribution in [2.24, 2.45) is 0 Å². The maximum atomic E-state index is 10.4. The van der Waals surface area contributed by atoms with Crippen LogP contribution in [0, 0.1) is 40.8 Å². The van der Waals surface area contributed by atoms with Crippen LogP contribution in [0.5, 0.6) is 0 Å². The molecule has 0 fully saturated rings. The molecule has 0 aromatic heterocycles. The first-order valence-corrected chi connectivity index (χ1v) is 31.9. The van der Waals surface area contributed by atoms with E-state index in [1.807, 2.05) is 0 Å². The molecule has 0 bridgehead atoms. The Bertz CT molecular complexity index is 886. The van der Waals surface area contributed by atoms with E-state index in [9.17, 15) is 28.4 Å². The standard InChI is InChI=1S/3C18H37O2P.Nd/c3*1-2-3-4-5-6-7-8-9-10-11-12-13-14-15-16-17-18-21(19)20;/h3*9-10,21H,2-8,11-18H2,1H3,(H,19,20);/q;;;+3/p-3. The monoisotopic (exact) mass is 1090 g/mol. The SMILES string of the molecule is CCCCCCCCC=CCCCCCCCC[PH](=O)[O-].CCCCCCCCC=CCCCCCCCC[PH](=O)[O-].CCCCCCCCC=CCCCCCCCC[PH](=O)[O-].[Nd+3]. The summed E-state index contributed by atoms with van der Waals surface area (Å²) in [5, 5.41) is 0. The normalized spacial score (nSPS) is 12.8. The molecule has 0 saturated carbocycles. The van der Waals surface area contributed by atoms with Gasteiger partial charge in [-0.2, -0.15) is 0 Å². The number of allylic oxidation sites excluding steroid dienone is 6. The van der Waals surface area contributed by atoms with Crippen molar-refractivity contribution in [3.05, 3.63) is 36.5 Å². The molecule has 64 heavy (non-hydrogen) atoms. The number of unbranched alkanes of at least 4 members (excludes halogenated alkanes) is 36. The average Bonchev–Trinajstić information content (AvgIpc) is 3.26. The minimum absolute atomic E-state index is 0. The Morgan fingerprint density at radius 2 is 0.391 bits per heavy atom. The van der Waals surface area contributed by atoms with Gasteiger partial charge in [-0.05, 0) is 115 Å². The van der Waals surface area contributed by atoms with Gasteiger partial charge in [-0.25, -0.2) is 0 Å². The molecule has 0 aliphatic heterocycles. The van der Waals surface area contributed by atoms with Crippen LogP contribution in [0.25, 0.3) is 0 Å². The van der Waals surface area contributed by atoms with Crippen molar-refractivity contribution in [2.45, 2.75) is 290 Å². The van der Waals surface area contributed by atoms with Gasteiger partial charge < -0.3 is 28.4 Å². The summed E-state index contributed by atoms with van der Waals surface area (Å²) >= 11 is 0. The molecular formula is C54H108NdO6P3. The Balaban J connectivity index is -0.000000419. The summed E-state index contributed by atoms with van der Waals surface area (Å²) < 4.78 is 31.2. The number of rotatable bonds is 48. The largest absolute Gasteiger partial charge is 3.00 e. The molecule has 0 aromatic rings. The molecule has 379 valence electrons. The molecule has 1 radical (unpaired) electrons. The first-order chi connectivity index (χ1) is 30.8. The van der Waals surface area contributed by atoms with Gasteiger partial charge >= 0.3 is 40.8 Å². The van der Waals surface area contributed by atoms with Crippen LogP contribution < -0.4 is 14.7 Å². The van der Waals surface area contributed by atoms with E-state index < -0.39 is 24.1 Å². The van der Waals surface area contributed by atoms with Gasteiger partial charge in [-0.3, -0.25) is 0 Å². The molecule has 6 nitrogen and oxygen atoms in total. The number of hydrogen-bond donors (Lipinski definition) is 0. The smallest absolute Gasteiger partial charge is 0.802 e. The molecule has 3 unspecified atom stereocenters. The third-order valence-corrected chi connectivity index (χ3v) is 14.0. The van der Waals surface area contributed by atoms with Crippen LogP contribution in [-0.2, 0) is 13.7 Å². The maximum absolute atomic E-state index is 10.4. The van der Waals surface area contributed by atoms with Gasteiger partial charge in [-0.15, -0.1) is 0 Å². The van der Waals surface area contributed by atoms with Gasteiger partial charge in [0.2, 0.25) is 0 Å². The first-order valence-electron chi connectivity index (χ1n) is 27.4. The van der Waals surface area contributed by atoms with Crippen molar-refractivity contribution >= 4 is 24.1 Å². The minimum Gasteiger partial charge on any atom is -0.802 e. The average molecular weight is 1090 g/mol. The van der Waals surface area contributed by atoms with Crippen molar-refractivity contribution < 1.29 is 69.2 Å². The summed E-state index contributed by atoms with van der Waals surface area (Å²) in [6.45, 7) is 6.79. The van der Waals surface area contributed by atoms with Crippen LogP contribution in [0.2, 0.25) is 0 Å². The predicted octanol–water partition coefficient (Wildman–Crippen LogP) is 17.6. The van der Waals surface area contributed by atoms with Gasteiger partial charge in [0, 0.05) is 24.1 Å². The minimum atomic E-state index is -2.46.